The van der Waals surface area contributed by atoms with E-state index in [2.05, 4.69) is 17.1 Å². The van der Waals surface area contributed by atoms with Gasteiger partial charge in [0.05, 0.1) is 12.8 Å². The Morgan fingerprint density at radius 1 is 1.50 bits per heavy atom. The molecule has 1 fully saturated rings. The third-order valence-corrected chi connectivity index (χ3v) is 2.87. The van der Waals surface area contributed by atoms with E-state index in [1.807, 2.05) is 6.07 Å². The smallest absolute Gasteiger partial charge is 0.188 e. The molecule has 0 aromatic heterocycles. The molecule has 1 aliphatic heterocycles. The Kier molecular flexibility index (Phi) is 3.29. The maximum atomic E-state index is 14.0. The van der Waals surface area contributed by atoms with Crippen LogP contribution in [0.4, 0.5) is 10.1 Å². The number of ether oxygens (including phenoxy) is 1. The molecule has 2 rings (SSSR count). The summed E-state index contributed by atoms with van der Waals surface area (Å²) in [5.41, 5.74) is 0.632. The first-order valence-corrected chi connectivity index (χ1v) is 5.53. The quantitative estimate of drug-likeness (QED) is 0.826. The summed E-state index contributed by atoms with van der Waals surface area (Å²) < 4.78 is 19.0. The van der Waals surface area contributed by atoms with Crippen molar-refractivity contribution < 1.29 is 9.13 Å². The standard InChI is InChI=1S/C12H17FN2O/c1-9-8-15(7-6-14-9)10-4-3-5-11(16-2)12(10)13/h3-5,9,14H,6-8H2,1-2H3. The van der Waals surface area contributed by atoms with E-state index in [-0.39, 0.29) is 5.82 Å². The second kappa shape index (κ2) is 4.70. The summed E-state index contributed by atoms with van der Waals surface area (Å²) in [6.07, 6.45) is 0. The van der Waals surface area contributed by atoms with Crippen molar-refractivity contribution in [2.75, 3.05) is 31.6 Å². The summed E-state index contributed by atoms with van der Waals surface area (Å²) in [6.45, 7) is 4.64. The van der Waals surface area contributed by atoms with Crippen LogP contribution in [0.25, 0.3) is 0 Å². The number of nitrogens with one attached hydrogen (secondary N) is 1. The fourth-order valence-electron chi connectivity index (χ4n) is 2.05. The molecule has 0 radical (unpaired) electrons. The van der Waals surface area contributed by atoms with Crippen LogP contribution in [0.1, 0.15) is 6.92 Å². The van der Waals surface area contributed by atoms with Gasteiger partial charge in [-0.25, -0.2) is 4.39 Å². The van der Waals surface area contributed by atoms with E-state index >= 15 is 0 Å². The van der Waals surface area contributed by atoms with Gasteiger partial charge in [0.2, 0.25) is 0 Å². The number of nitrogens with zero attached hydrogens (tertiary/aromatic N) is 1. The van der Waals surface area contributed by atoms with Crippen LogP contribution < -0.4 is 15.0 Å². The fraction of sp³-hybridized carbons (Fsp3) is 0.500. The number of piperazine rings is 1. The lowest BCUT2D eigenvalue weighted by atomic mass is 10.2. The molecule has 0 spiro atoms. The van der Waals surface area contributed by atoms with Gasteiger partial charge < -0.3 is 15.0 Å². The van der Waals surface area contributed by atoms with Gasteiger partial charge in [0.25, 0.3) is 0 Å². The lowest BCUT2D eigenvalue weighted by Crippen LogP contribution is -2.49. The number of hydrogen-bond acceptors (Lipinski definition) is 3. The van der Waals surface area contributed by atoms with Crippen molar-refractivity contribution in [1.82, 2.24) is 5.32 Å². The van der Waals surface area contributed by atoms with Gasteiger partial charge in [0, 0.05) is 25.7 Å². The normalized spacial score (nSPS) is 20.9. The van der Waals surface area contributed by atoms with E-state index in [1.165, 1.54) is 7.11 Å². The van der Waals surface area contributed by atoms with Crippen molar-refractivity contribution in [3.8, 4) is 5.75 Å². The van der Waals surface area contributed by atoms with E-state index in [1.54, 1.807) is 12.1 Å². The largest absolute Gasteiger partial charge is 0.494 e. The second-order valence-electron chi connectivity index (χ2n) is 4.09. The Hall–Kier alpha value is -1.29. The van der Waals surface area contributed by atoms with Gasteiger partial charge in [0.15, 0.2) is 11.6 Å². The van der Waals surface area contributed by atoms with Gasteiger partial charge >= 0.3 is 0 Å². The maximum absolute atomic E-state index is 14.0. The highest BCUT2D eigenvalue weighted by molar-refractivity contribution is 5.53. The molecule has 1 unspecified atom stereocenters. The number of rotatable bonds is 2. The highest BCUT2D eigenvalue weighted by atomic mass is 19.1. The Morgan fingerprint density at radius 2 is 2.31 bits per heavy atom. The van der Waals surface area contributed by atoms with Gasteiger partial charge in [-0.15, -0.1) is 0 Å². The van der Waals surface area contributed by atoms with Crippen molar-refractivity contribution in [3.63, 3.8) is 0 Å². The summed E-state index contributed by atoms with van der Waals surface area (Å²) in [5.74, 6) is 0.0442. The lowest BCUT2D eigenvalue weighted by Gasteiger charge is -2.33. The number of halogens is 1. The SMILES string of the molecule is COc1cccc(N2CCNC(C)C2)c1F. The predicted octanol–water partition coefficient (Wildman–Crippen LogP) is 1.63. The van der Waals surface area contributed by atoms with Gasteiger partial charge in [0.1, 0.15) is 0 Å². The van der Waals surface area contributed by atoms with Crippen LogP contribution in [0.5, 0.6) is 5.75 Å². The minimum absolute atomic E-state index is 0.265. The molecule has 1 aromatic rings. The minimum Gasteiger partial charge on any atom is -0.494 e. The zero-order valence-corrected chi connectivity index (χ0v) is 9.66. The first-order valence-electron chi connectivity index (χ1n) is 5.53. The van der Waals surface area contributed by atoms with Gasteiger partial charge in [-0.2, -0.15) is 0 Å². The summed E-state index contributed by atoms with van der Waals surface area (Å²) in [5, 5.41) is 3.33. The maximum Gasteiger partial charge on any atom is 0.188 e. The molecule has 3 nitrogen and oxygen atoms in total. The van der Waals surface area contributed by atoms with Crippen LogP contribution >= 0.6 is 0 Å². The van der Waals surface area contributed by atoms with Crippen LogP contribution in [0.3, 0.4) is 0 Å². The van der Waals surface area contributed by atoms with Crippen LogP contribution in [0.2, 0.25) is 0 Å². The van der Waals surface area contributed by atoms with Gasteiger partial charge in [-0.1, -0.05) is 6.07 Å². The molecule has 0 bridgehead atoms. The summed E-state index contributed by atoms with van der Waals surface area (Å²) in [7, 11) is 1.49. The molecule has 1 aliphatic rings. The second-order valence-corrected chi connectivity index (χ2v) is 4.09. The third-order valence-electron chi connectivity index (χ3n) is 2.87. The van der Waals surface area contributed by atoms with E-state index in [4.69, 9.17) is 4.74 Å². The number of benzene rings is 1. The zero-order valence-electron chi connectivity index (χ0n) is 9.66. The molecule has 1 heterocycles. The molecule has 1 aromatic carbocycles. The van der Waals surface area contributed by atoms with E-state index < -0.39 is 0 Å². The molecule has 1 N–H and O–H groups in total. The minimum atomic E-state index is -0.265. The molecular formula is C12H17FN2O. The number of anilines is 1. The Balaban J connectivity index is 2.25. The van der Waals surface area contributed by atoms with Gasteiger partial charge in [-0.3, -0.25) is 0 Å². The summed E-state index contributed by atoms with van der Waals surface area (Å²) in [6, 6.07) is 5.66. The summed E-state index contributed by atoms with van der Waals surface area (Å²) >= 11 is 0. The molecule has 0 amide bonds. The van der Waals surface area contributed by atoms with Crippen LogP contribution in [-0.2, 0) is 0 Å². The molecule has 1 atom stereocenters. The average molecular weight is 224 g/mol. The Labute approximate surface area is 95.2 Å². The van der Waals surface area contributed by atoms with E-state index in [0.29, 0.717) is 17.5 Å². The van der Waals surface area contributed by atoms with Crippen molar-refractivity contribution in [2.45, 2.75) is 13.0 Å². The summed E-state index contributed by atoms with van der Waals surface area (Å²) in [4.78, 5) is 2.05. The molecule has 16 heavy (non-hydrogen) atoms. The zero-order chi connectivity index (χ0) is 11.5. The topological polar surface area (TPSA) is 24.5 Å². The molecule has 4 heteroatoms. The van der Waals surface area contributed by atoms with E-state index in [9.17, 15) is 4.39 Å². The van der Waals surface area contributed by atoms with Gasteiger partial charge in [-0.05, 0) is 19.1 Å². The average Bonchev–Trinajstić information content (AvgIpc) is 2.29. The predicted molar refractivity (Wildman–Crippen MR) is 62.6 cm³/mol. The fourth-order valence-corrected chi connectivity index (χ4v) is 2.05. The molecular weight excluding hydrogens is 207 g/mol. The van der Waals surface area contributed by atoms with E-state index in [0.717, 1.165) is 19.6 Å². The lowest BCUT2D eigenvalue weighted by molar-refractivity contribution is 0.385. The van der Waals surface area contributed by atoms with Crippen LogP contribution in [0, 0.1) is 5.82 Å². The van der Waals surface area contributed by atoms with Crippen molar-refractivity contribution >= 4 is 5.69 Å². The molecule has 1 saturated heterocycles. The Bertz CT molecular complexity index is 370. The first-order chi connectivity index (χ1) is 7.72. The molecule has 0 aliphatic carbocycles. The van der Waals surface area contributed by atoms with Crippen molar-refractivity contribution in [3.05, 3.63) is 24.0 Å². The monoisotopic (exact) mass is 224 g/mol. The molecule has 0 saturated carbocycles. The number of methoxy groups -OCH3 is 1. The third kappa shape index (κ3) is 2.11. The van der Waals surface area contributed by atoms with Crippen molar-refractivity contribution in [2.24, 2.45) is 0 Å². The molecule has 88 valence electrons. The number of hydrogen-bond donors (Lipinski definition) is 1. The first kappa shape index (κ1) is 11.2. The van der Waals surface area contributed by atoms with Crippen LogP contribution in [-0.4, -0.2) is 32.8 Å². The van der Waals surface area contributed by atoms with Crippen LogP contribution in [0.15, 0.2) is 18.2 Å². The highest BCUT2D eigenvalue weighted by Gasteiger charge is 2.20. The highest BCUT2D eigenvalue weighted by Crippen LogP contribution is 2.27. The van der Waals surface area contributed by atoms with Crippen molar-refractivity contribution in [1.29, 1.82) is 0 Å². The Morgan fingerprint density at radius 3 is 3.00 bits per heavy atom.